The van der Waals surface area contributed by atoms with Gasteiger partial charge in [0.05, 0.1) is 0 Å². The van der Waals surface area contributed by atoms with Crippen LogP contribution in [0.1, 0.15) is 12.0 Å². The van der Waals surface area contributed by atoms with Crippen molar-refractivity contribution in [2.45, 2.75) is 13.3 Å². The van der Waals surface area contributed by atoms with Crippen LogP contribution in [0.15, 0.2) is 18.2 Å². The third-order valence-corrected chi connectivity index (χ3v) is 2.37. The smallest absolute Gasteiger partial charge is 0.128 e. The molecule has 0 atom stereocenters. The van der Waals surface area contributed by atoms with Gasteiger partial charge in [-0.15, -0.1) is 0 Å². The lowest BCUT2D eigenvalue weighted by Gasteiger charge is -2.12. The molecule has 84 valence electrons. The van der Waals surface area contributed by atoms with E-state index in [1.165, 1.54) is 6.07 Å². The summed E-state index contributed by atoms with van der Waals surface area (Å²) in [5.74, 6) is -0.146. The summed E-state index contributed by atoms with van der Waals surface area (Å²) in [6.45, 7) is 3.72. The second kappa shape index (κ2) is 5.71. The first kappa shape index (κ1) is 12.0. The Morgan fingerprint density at radius 3 is 2.73 bits per heavy atom. The summed E-state index contributed by atoms with van der Waals surface area (Å²) in [5, 5.41) is 3.24. The van der Waals surface area contributed by atoms with Gasteiger partial charge >= 0.3 is 0 Å². The maximum absolute atomic E-state index is 13.2. The van der Waals surface area contributed by atoms with Crippen molar-refractivity contribution in [3.05, 3.63) is 29.6 Å². The van der Waals surface area contributed by atoms with Crippen molar-refractivity contribution in [2.75, 3.05) is 32.5 Å². The molecular weight excluding hydrogens is 191 g/mol. The van der Waals surface area contributed by atoms with E-state index in [9.17, 15) is 4.39 Å². The first-order chi connectivity index (χ1) is 7.11. The van der Waals surface area contributed by atoms with Crippen molar-refractivity contribution in [3.8, 4) is 0 Å². The largest absolute Gasteiger partial charge is 0.385 e. The summed E-state index contributed by atoms with van der Waals surface area (Å²) in [5.41, 5.74) is 1.59. The molecule has 2 nitrogen and oxygen atoms in total. The molecule has 0 aliphatic heterocycles. The Hall–Kier alpha value is -1.09. The van der Waals surface area contributed by atoms with Crippen LogP contribution in [-0.4, -0.2) is 32.1 Å². The quantitative estimate of drug-likeness (QED) is 0.751. The van der Waals surface area contributed by atoms with Gasteiger partial charge in [-0.05, 0) is 46.1 Å². The molecule has 0 unspecified atom stereocenters. The number of nitrogens with zero attached hydrogens (tertiary/aromatic N) is 1. The molecule has 1 aromatic carbocycles. The van der Waals surface area contributed by atoms with E-state index in [-0.39, 0.29) is 5.82 Å². The standard InChI is InChI=1S/C12H19FN2/c1-10-11(13)6-4-7-12(10)14-8-5-9-15(2)3/h4,6-7,14H,5,8-9H2,1-3H3. The first-order valence-corrected chi connectivity index (χ1v) is 5.25. The predicted molar refractivity (Wildman–Crippen MR) is 62.8 cm³/mol. The third-order valence-electron chi connectivity index (χ3n) is 2.37. The van der Waals surface area contributed by atoms with Gasteiger partial charge in [-0.25, -0.2) is 4.39 Å². The number of hydrogen-bond donors (Lipinski definition) is 1. The number of benzene rings is 1. The summed E-state index contributed by atoms with van der Waals surface area (Å²) >= 11 is 0. The van der Waals surface area contributed by atoms with Crippen LogP contribution in [0.25, 0.3) is 0 Å². The molecule has 1 aromatic rings. The molecule has 0 aromatic heterocycles. The van der Waals surface area contributed by atoms with Gasteiger partial charge in [-0.1, -0.05) is 6.07 Å². The molecule has 1 N–H and O–H groups in total. The van der Waals surface area contributed by atoms with Gasteiger partial charge in [0, 0.05) is 17.8 Å². The van der Waals surface area contributed by atoms with E-state index in [1.807, 2.05) is 20.2 Å². The van der Waals surface area contributed by atoms with Crippen LogP contribution in [0.5, 0.6) is 0 Å². The summed E-state index contributed by atoms with van der Waals surface area (Å²) in [4.78, 5) is 2.14. The van der Waals surface area contributed by atoms with Crippen LogP contribution in [0.3, 0.4) is 0 Å². The highest BCUT2D eigenvalue weighted by Gasteiger charge is 2.01. The fourth-order valence-corrected chi connectivity index (χ4v) is 1.42. The van der Waals surface area contributed by atoms with E-state index in [0.717, 1.165) is 25.2 Å². The summed E-state index contributed by atoms with van der Waals surface area (Å²) in [6, 6.07) is 5.13. The predicted octanol–water partition coefficient (Wildman–Crippen LogP) is 2.50. The molecule has 0 aliphatic carbocycles. The highest BCUT2D eigenvalue weighted by molar-refractivity contribution is 5.50. The average Bonchev–Trinajstić information content (AvgIpc) is 2.18. The maximum atomic E-state index is 13.2. The number of halogens is 1. The lowest BCUT2D eigenvalue weighted by atomic mass is 10.2. The van der Waals surface area contributed by atoms with E-state index in [1.54, 1.807) is 13.0 Å². The minimum atomic E-state index is -0.146. The van der Waals surface area contributed by atoms with Gasteiger partial charge in [0.25, 0.3) is 0 Å². The SMILES string of the molecule is Cc1c(F)cccc1NCCCN(C)C. The van der Waals surface area contributed by atoms with Crippen LogP contribution in [0.2, 0.25) is 0 Å². The van der Waals surface area contributed by atoms with Crippen molar-refractivity contribution >= 4 is 5.69 Å². The highest BCUT2D eigenvalue weighted by Crippen LogP contribution is 2.16. The Balaban J connectivity index is 2.41. The summed E-state index contributed by atoms with van der Waals surface area (Å²) in [6.07, 6.45) is 1.06. The molecule has 0 spiro atoms. The molecule has 0 amide bonds. The molecule has 0 fully saturated rings. The van der Waals surface area contributed by atoms with Crippen LogP contribution >= 0.6 is 0 Å². The van der Waals surface area contributed by atoms with E-state index in [4.69, 9.17) is 0 Å². The van der Waals surface area contributed by atoms with E-state index >= 15 is 0 Å². The fraction of sp³-hybridized carbons (Fsp3) is 0.500. The topological polar surface area (TPSA) is 15.3 Å². The Labute approximate surface area is 91.1 Å². The first-order valence-electron chi connectivity index (χ1n) is 5.25. The molecule has 0 saturated heterocycles. The lowest BCUT2D eigenvalue weighted by molar-refractivity contribution is 0.405. The molecule has 3 heteroatoms. The van der Waals surface area contributed by atoms with Crippen molar-refractivity contribution in [3.63, 3.8) is 0 Å². The van der Waals surface area contributed by atoms with E-state index in [0.29, 0.717) is 5.56 Å². The van der Waals surface area contributed by atoms with Crippen LogP contribution in [0, 0.1) is 12.7 Å². The average molecular weight is 210 g/mol. The Morgan fingerprint density at radius 2 is 2.07 bits per heavy atom. The van der Waals surface area contributed by atoms with Gasteiger partial charge < -0.3 is 10.2 Å². The van der Waals surface area contributed by atoms with Crippen molar-refractivity contribution < 1.29 is 4.39 Å². The number of anilines is 1. The fourth-order valence-electron chi connectivity index (χ4n) is 1.42. The molecule has 0 radical (unpaired) electrons. The van der Waals surface area contributed by atoms with E-state index < -0.39 is 0 Å². The van der Waals surface area contributed by atoms with Gasteiger partial charge in [0.15, 0.2) is 0 Å². The van der Waals surface area contributed by atoms with Gasteiger partial charge in [-0.2, -0.15) is 0 Å². The second-order valence-corrected chi connectivity index (χ2v) is 4.00. The molecule has 0 heterocycles. The van der Waals surface area contributed by atoms with Crippen molar-refractivity contribution in [1.82, 2.24) is 4.90 Å². The minimum Gasteiger partial charge on any atom is -0.385 e. The Bertz CT molecular complexity index is 310. The lowest BCUT2D eigenvalue weighted by Crippen LogP contribution is -2.16. The molecule has 0 bridgehead atoms. The third kappa shape index (κ3) is 3.88. The van der Waals surface area contributed by atoms with E-state index in [2.05, 4.69) is 10.2 Å². The molecule has 1 rings (SSSR count). The van der Waals surface area contributed by atoms with Crippen LogP contribution < -0.4 is 5.32 Å². The minimum absolute atomic E-state index is 0.146. The van der Waals surface area contributed by atoms with Gasteiger partial charge in [0.1, 0.15) is 5.82 Å². The summed E-state index contributed by atoms with van der Waals surface area (Å²) in [7, 11) is 4.10. The zero-order chi connectivity index (χ0) is 11.3. The maximum Gasteiger partial charge on any atom is 0.128 e. The van der Waals surface area contributed by atoms with Crippen molar-refractivity contribution in [1.29, 1.82) is 0 Å². The Kier molecular flexibility index (Phi) is 4.56. The molecule has 15 heavy (non-hydrogen) atoms. The number of rotatable bonds is 5. The van der Waals surface area contributed by atoms with Crippen molar-refractivity contribution in [2.24, 2.45) is 0 Å². The molecule has 0 aliphatic rings. The highest BCUT2D eigenvalue weighted by atomic mass is 19.1. The molecule has 0 saturated carbocycles. The van der Waals surface area contributed by atoms with Gasteiger partial charge in [-0.3, -0.25) is 0 Å². The van der Waals surface area contributed by atoms with Gasteiger partial charge in [0.2, 0.25) is 0 Å². The number of nitrogens with one attached hydrogen (secondary N) is 1. The second-order valence-electron chi connectivity index (χ2n) is 4.00. The normalized spacial score (nSPS) is 10.7. The zero-order valence-corrected chi connectivity index (χ0v) is 9.68. The molecular formula is C12H19FN2. The Morgan fingerprint density at radius 1 is 1.33 bits per heavy atom. The zero-order valence-electron chi connectivity index (χ0n) is 9.68. The summed E-state index contributed by atoms with van der Waals surface area (Å²) < 4.78 is 13.2. The number of hydrogen-bond acceptors (Lipinski definition) is 2. The van der Waals surface area contributed by atoms with Crippen LogP contribution in [-0.2, 0) is 0 Å². The van der Waals surface area contributed by atoms with Crippen LogP contribution in [0.4, 0.5) is 10.1 Å². The monoisotopic (exact) mass is 210 g/mol.